The number of hydrogen-bond acceptors (Lipinski definition) is 5. The van der Waals surface area contributed by atoms with Crippen molar-refractivity contribution in [2.75, 3.05) is 0 Å². The van der Waals surface area contributed by atoms with Gasteiger partial charge in [-0.1, -0.05) is 129 Å². The van der Waals surface area contributed by atoms with Crippen LogP contribution in [0, 0.1) is 0 Å². The summed E-state index contributed by atoms with van der Waals surface area (Å²) in [4.78, 5) is 15.7. The molecule has 0 unspecified atom stereocenters. The van der Waals surface area contributed by atoms with E-state index in [1.54, 1.807) is 0 Å². The van der Waals surface area contributed by atoms with Gasteiger partial charge in [-0.15, -0.1) is 0 Å². The molecule has 278 valence electrons. The maximum Gasteiger partial charge on any atom is 0.164 e. The van der Waals surface area contributed by atoms with Gasteiger partial charge in [0, 0.05) is 43.7 Å². The third-order valence-electron chi connectivity index (χ3n) is 12.1. The minimum absolute atomic E-state index is 0.161. The molecule has 3 heterocycles. The number of para-hydroxylation sites is 2. The van der Waals surface area contributed by atoms with Crippen LogP contribution in [0.15, 0.2) is 185 Å². The first-order valence-corrected chi connectivity index (χ1v) is 20.0. The Bertz CT molecular complexity index is 3350. The van der Waals surface area contributed by atoms with Gasteiger partial charge in [0.2, 0.25) is 0 Å². The number of fused-ring (bicyclic) bond motifs is 9. The van der Waals surface area contributed by atoms with Crippen LogP contribution in [0.25, 0.3) is 111 Å². The van der Waals surface area contributed by atoms with Crippen LogP contribution in [0.5, 0.6) is 0 Å². The Morgan fingerprint density at radius 3 is 1.44 bits per heavy atom. The Balaban J connectivity index is 1.08. The van der Waals surface area contributed by atoms with E-state index in [0.29, 0.717) is 17.5 Å². The second-order valence-corrected chi connectivity index (χ2v) is 16.0. The van der Waals surface area contributed by atoms with Crippen molar-refractivity contribution in [1.82, 2.24) is 15.0 Å². The zero-order valence-electron chi connectivity index (χ0n) is 32.4. The lowest BCUT2D eigenvalue weighted by atomic mass is 9.82. The predicted octanol–water partition coefficient (Wildman–Crippen LogP) is 14.3. The average molecular weight is 758 g/mol. The Morgan fingerprint density at radius 1 is 0.322 bits per heavy atom. The SMILES string of the molecule is CC1(C)c2ccccc2-c2ccc(-c3nc(-c4ccccc4)nc(-c4cc(-c5ccc6oc7ccccc7c6c5)cc(-c5ccc6oc7ccccc7c6c5)c4)n3)cc21. The van der Waals surface area contributed by atoms with Crippen molar-refractivity contribution >= 4 is 43.9 Å². The van der Waals surface area contributed by atoms with E-state index in [1.165, 1.54) is 22.3 Å². The molecule has 11 aromatic rings. The van der Waals surface area contributed by atoms with Gasteiger partial charge in [0.05, 0.1) is 0 Å². The molecule has 5 nitrogen and oxygen atoms in total. The highest BCUT2D eigenvalue weighted by Crippen LogP contribution is 2.49. The molecule has 0 saturated carbocycles. The second kappa shape index (κ2) is 12.7. The van der Waals surface area contributed by atoms with E-state index in [1.807, 2.05) is 42.5 Å². The Morgan fingerprint density at radius 2 is 0.797 bits per heavy atom. The monoisotopic (exact) mass is 757 g/mol. The van der Waals surface area contributed by atoms with E-state index >= 15 is 0 Å². The lowest BCUT2D eigenvalue weighted by Gasteiger charge is -2.21. The van der Waals surface area contributed by atoms with Gasteiger partial charge in [0.25, 0.3) is 0 Å². The zero-order valence-corrected chi connectivity index (χ0v) is 32.4. The summed E-state index contributed by atoms with van der Waals surface area (Å²) in [5.74, 6) is 1.86. The molecule has 0 aliphatic heterocycles. The fraction of sp³-hybridized carbons (Fsp3) is 0.0556. The van der Waals surface area contributed by atoms with Crippen LogP contribution in [-0.2, 0) is 5.41 Å². The van der Waals surface area contributed by atoms with Gasteiger partial charge < -0.3 is 8.83 Å². The number of nitrogens with zero attached hydrogens (tertiary/aromatic N) is 3. The molecular weight excluding hydrogens is 723 g/mol. The van der Waals surface area contributed by atoms with E-state index in [2.05, 4.69) is 147 Å². The van der Waals surface area contributed by atoms with Gasteiger partial charge in [-0.05, 0) is 105 Å². The number of furan rings is 2. The largest absolute Gasteiger partial charge is 0.456 e. The minimum atomic E-state index is -0.161. The molecule has 0 spiro atoms. The Labute approximate surface area is 340 Å². The lowest BCUT2D eigenvalue weighted by Crippen LogP contribution is -2.15. The first-order chi connectivity index (χ1) is 28.9. The first kappa shape index (κ1) is 33.5. The topological polar surface area (TPSA) is 65.0 Å². The van der Waals surface area contributed by atoms with Crippen molar-refractivity contribution in [3.8, 4) is 67.5 Å². The van der Waals surface area contributed by atoms with Crippen LogP contribution in [0.4, 0.5) is 0 Å². The van der Waals surface area contributed by atoms with Crippen molar-refractivity contribution < 1.29 is 8.83 Å². The first-order valence-electron chi connectivity index (χ1n) is 20.0. The molecule has 1 aliphatic carbocycles. The van der Waals surface area contributed by atoms with Crippen LogP contribution in [0.1, 0.15) is 25.0 Å². The number of benzene rings is 8. The molecule has 0 saturated heterocycles. The van der Waals surface area contributed by atoms with E-state index in [9.17, 15) is 0 Å². The van der Waals surface area contributed by atoms with Crippen LogP contribution in [0.3, 0.4) is 0 Å². The van der Waals surface area contributed by atoms with Gasteiger partial charge in [-0.2, -0.15) is 0 Å². The molecule has 1 aliphatic rings. The number of hydrogen-bond donors (Lipinski definition) is 0. The normalized spacial score (nSPS) is 13.1. The molecular formula is C54H35N3O2. The molecule has 0 amide bonds. The maximum absolute atomic E-state index is 6.23. The standard InChI is InChI=1S/C54H35N3O2/c1-54(2)45-17-9-6-14-39(45)40-23-20-35(31-46(40)54)52-55-51(32-12-4-3-5-13-32)56-53(57-52)38-27-36(33-21-24-49-43(29-33)41-15-7-10-18-47(41)58-49)26-37(28-38)34-22-25-50-44(30-34)42-16-8-11-19-48(42)59-50/h3-31H,1-2H3. The van der Waals surface area contributed by atoms with E-state index in [4.69, 9.17) is 23.8 Å². The highest BCUT2D eigenvalue weighted by molar-refractivity contribution is 6.07. The molecule has 8 aromatic carbocycles. The van der Waals surface area contributed by atoms with Crippen LogP contribution in [0.2, 0.25) is 0 Å². The summed E-state index contributed by atoms with van der Waals surface area (Å²) >= 11 is 0. The summed E-state index contributed by atoms with van der Waals surface area (Å²) in [6.45, 7) is 4.60. The third-order valence-corrected chi connectivity index (χ3v) is 12.1. The molecule has 0 atom stereocenters. The van der Waals surface area contributed by atoms with Gasteiger partial charge in [-0.3, -0.25) is 0 Å². The van der Waals surface area contributed by atoms with Crippen molar-refractivity contribution in [1.29, 1.82) is 0 Å². The van der Waals surface area contributed by atoms with Crippen LogP contribution >= 0.6 is 0 Å². The predicted molar refractivity (Wildman–Crippen MR) is 239 cm³/mol. The summed E-state index contributed by atoms with van der Waals surface area (Å²) in [6, 6.07) is 61.5. The van der Waals surface area contributed by atoms with Crippen molar-refractivity contribution in [2.24, 2.45) is 0 Å². The molecule has 0 N–H and O–H groups in total. The van der Waals surface area contributed by atoms with Gasteiger partial charge >= 0.3 is 0 Å². The van der Waals surface area contributed by atoms with E-state index in [-0.39, 0.29) is 5.41 Å². The van der Waals surface area contributed by atoms with Crippen LogP contribution < -0.4 is 0 Å². The number of rotatable bonds is 5. The van der Waals surface area contributed by atoms with Gasteiger partial charge in [0.15, 0.2) is 17.5 Å². The summed E-state index contributed by atoms with van der Waals surface area (Å²) < 4.78 is 12.5. The summed E-state index contributed by atoms with van der Waals surface area (Å²) in [5, 5.41) is 4.33. The Hall–Kier alpha value is -7.63. The highest BCUT2D eigenvalue weighted by Gasteiger charge is 2.35. The molecule has 12 rings (SSSR count). The maximum atomic E-state index is 6.23. The molecule has 5 heteroatoms. The molecule has 59 heavy (non-hydrogen) atoms. The molecule has 3 aromatic heterocycles. The fourth-order valence-corrected chi connectivity index (χ4v) is 9.10. The average Bonchev–Trinajstić information content (AvgIpc) is 3.93. The van der Waals surface area contributed by atoms with E-state index in [0.717, 1.165) is 82.8 Å². The lowest BCUT2D eigenvalue weighted by molar-refractivity contribution is 0.660. The quantitative estimate of drug-likeness (QED) is 0.175. The summed E-state index contributed by atoms with van der Waals surface area (Å²) in [7, 11) is 0. The fourth-order valence-electron chi connectivity index (χ4n) is 9.10. The van der Waals surface area contributed by atoms with Gasteiger partial charge in [0.1, 0.15) is 22.3 Å². The summed E-state index contributed by atoms with van der Waals surface area (Å²) in [6.07, 6.45) is 0. The van der Waals surface area contributed by atoms with Crippen molar-refractivity contribution in [2.45, 2.75) is 19.3 Å². The number of aromatic nitrogens is 3. The Kier molecular flexibility index (Phi) is 7.20. The molecule has 0 fully saturated rings. The minimum Gasteiger partial charge on any atom is -0.456 e. The van der Waals surface area contributed by atoms with Crippen molar-refractivity contribution in [3.63, 3.8) is 0 Å². The smallest absolute Gasteiger partial charge is 0.164 e. The van der Waals surface area contributed by atoms with Crippen molar-refractivity contribution in [3.05, 3.63) is 187 Å². The zero-order chi connectivity index (χ0) is 39.2. The summed E-state index contributed by atoms with van der Waals surface area (Å²) in [5.41, 5.74) is 15.5. The van der Waals surface area contributed by atoms with Crippen LogP contribution in [-0.4, -0.2) is 15.0 Å². The highest BCUT2D eigenvalue weighted by atomic mass is 16.3. The van der Waals surface area contributed by atoms with Gasteiger partial charge in [-0.25, -0.2) is 15.0 Å². The van der Waals surface area contributed by atoms with E-state index < -0.39 is 0 Å². The third kappa shape index (κ3) is 5.35. The molecule has 0 radical (unpaired) electrons. The second-order valence-electron chi connectivity index (χ2n) is 16.0. The molecule has 0 bridgehead atoms.